The Bertz CT molecular complexity index is 473. The van der Waals surface area contributed by atoms with Crippen molar-refractivity contribution < 1.29 is 17.9 Å². The summed E-state index contributed by atoms with van der Waals surface area (Å²) in [4.78, 5) is 0. The van der Waals surface area contributed by atoms with Gasteiger partial charge in [0.05, 0.1) is 0 Å². The number of ether oxygens (including phenoxy) is 1. The lowest BCUT2D eigenvalue weighted by atomic mass is 10.2. The summed E-state index contributed by atoms with van der Waals surface area (Å²) in [5.74, 6) is -0.261. The third-order valence-corrected chi connectivity index (χ3v) is 3.15. The van der Waals surface area contributed by atoms with Crippen LogP contribution in [-0.2, 0) is 0 Å². The zero-order valence-corrected chi connectivity index (χ0v) is 12.1. The molecule has 2 N–H and O–H groups in total. The molecule has 21 heavy (non-hydrogen) atoms. The van der Waals surface area contributed by atoms with E-state index in [0.717, 1.165) is 25.9 Å². The summed E-state index contributed by atoms with van der Waals surface area (Å²) in [6.45, 7) is 1.86. The summed E-state index contributed by atoms with van der Waals surface area (Å²) in [7, 11) is 0. The summed E-state index contributed by atoms with van der Waals surface area (Å²) in [5.41, 5.74) is 3.66. The molecule has 0 amide bonds. The van der Waals surface area contributed by atoms with E-state index < -0.39 is 6.36 Å². The minimum atomic E-state index is -4.68. The summed E-state index contributed by atoms with van der Waals surface area (Å²) >= 11 is 5.16. The third kappa shape index (κ3) is 5.76. The van der Waals surface area contributed by atoms with Crippen molar-refractivity contribution in [3.05, 3.63) is 24.3 Å². The molecule has 1 fully saturated rings. The number of nitrogens with one attached hydrogen (secondary N) is 2. The van der Waals surface area contributed by atoms with Crippen LogP contribution >= 0.6 is 12.2 Å². The highest BCUT2D eigenvalue weighted by molar-refractivity contribution is 7.80. The van der Waals surface area contributed by atoms with Crippen LogP contribution in [-0.4, -0.2) is 29.6 Å². The van der Waals surface area contributed by atoms with Gasteiger partial charge in [-0.3, -0.25) is 5.43 Å². The molecule has 0 saturated carbocycles. The average Bonchev–Trinajstić information content (AvgIpc) is 2.40. The number of hydrogen-bond donors (Lipinski definition) is 2. The number of thiocarbonyl (C=S) groups is 1. The van der Waals surface area contributed by atoms with Gasteiger partial charge in [0.1, 0.15) is 5.75 Å². The molecule has 0 radical (unpaired) electrons. The van der Waals surface area contributed by atoms with Crippen LogP contribution in [0.1, 0.15) is 19.3 Å². The van der Waals surface area contributed by atoms with Crippen molar-refractivity contribution in [1.82, 2.24) is 10.4 Å². The molecule has 116 valence electrons. The van der Waals surface area contributed by atoms with Crippen molar-refractivity contribution in [1.29, 1.82) is 0 Å². The summed E-state index contributed by atoms with van der Waals surface area (Å²) in [5, 5.41) is 5.37. The highest BCUT2D eigenvalue weighted by Crippen LogP contribution is 2.23. The van der Waals surface area contributed by atoms with Gasteiger partial charge in [0.15, 0.2) is 5.11 Å². The molecule has 1 heterocycles. The maximum absolute atomic E-state index is 12.0. The molecule has 0 unspecified atom stereocenters. The van der Waals surface area contributed by atoms with Gasteiger partial charge in [0.25, 0.3) is 0 Å². The van der Waals surface area contributed by atoms with Crippen LogP contribution in [0.25, 0.3) is 0 Å². The van der Waals surface area contributed by atoms with Crippen LogP contribution in [0.15, 0.2) is 24.3 Å². The Labute approximate surface area is 126 Å². The fourth-order valence-corrected chi connectivity index (χ4v) is 2.30. The molecule has 2 rings (SSSR count). The average molecular weight is 319 g/mol. The maximum Gasteiger partial charge on any atom is 0.573 e. The number of nitrogens with zero attached hydrogens (tertiary/aromatic N) is 1. The Morgan fingerprint density at radius 1 is 1.10 bits per heavy atom. The second-order valence-corrected chi connectivity index (χ2v) is 5.09. The van der Waals surface area contributed by atoms with Crippen molar-refractivity contribution in [3.8, 4) is 5.75 Å². The quantitative estimate of drug-likeness (QED) is 0.836. The number of alkyl halides is 3. The lowest BCUT2D eigenvalue weighted by Gasteiger charge is -2.28. The zero-order valence-electron chi connectivity index (χ0n) is 11.2. The van der Waals surface area contributed by atoms with Gasteiger partial charge in [-0.1, -0.05) is 6.42 Å². The molecule has 0 aliphatic carbocycles. The Hall–Kier alpha value is -1.54. The molecule has 0 bridgehead atoms. The van der Waals surface area contributed by atoms with Crippen molar-refractivity contribution in [2.45, 2.75) is 25.6 Å². The monoisotopic (exact) mass is 319 g/mol. The van der Waals surface area contributed by atoms with Gasteiger partial charge in [-0.05, 0) is 49.3 Å². The number of hydrogen-bond acceptors (Lipinski definition) is 3. The Balaban J connectivity index is 1.83. The highest BCUT2D eigenvalue weighted by Gasteiger charge is 2.30. The molecule has 8 heteroatoms. The SMILES string of the molecule is FC(F)(F)Oc1ccc(NC(=S)NN2CCCCC2)cc1. The predicted octanol–water partition coefficient (Wildman–Crippen LogP) is 3.27. The van der Waals surface area contributed by atoms with Gasteiger partial charge in [-0.2, -0.15) is 0 Å². The molecule has 1 aromatic carbocycles. The number of piperidine rings is 1. The van der Waals surface area contributed by atoms with E-state index in [9.17, 15) is 13.2 Å². The van der Waals surface area contributed by atoms with E-state index in [0.29, 0.717) is 10.8 Å². The van der Waals surface area contributed by atoms with Crippen molar-refractivity contribution in [2.24, 2.45) is 0 Å². The fraction of sp³-hybridized carbons (Fsp3) is 0.462. The number of benzene rings is 1. The first-order chi connectivity index (χ1) is 9.92. The second-order valence-electron chi connectivity index (χ2n) is 4.69. The molecule has 0 aromatic heterocycles. The van der Waals surface area contributed by atoms with Crippen LogP contribution in [0.4, 0.5) is 18.9 Å². The molecule has 1 saturated heterocycles. The third-order valence-electron chi connectivity index (χ3n) is 2.96. The molecular weight excluding hydrogens is 303 g/mol. The van der Waals surface area contributed by atoms with Crippen LogP contribution < -0.4 is 15.5 Å². The van der Waals surface area contributed by atoms with E-state index in [1.165, 1.54) is 30.7 Å². The highest BCUT2D eigenvalue weighted by atomic mass is 32.1. The fourth-order valence-electron chi connectivity index (χ4n) is 2.05. The van der Waals surface area contributed by atoms with E-state index >= 15 is 0 Å². The smallest absolute Gasteiger partial charge is 0.406 e. The minimum Gasteiger partial charge on any atom is -0.406 e. The van der Waals surface area contributed by atoms with E-state index in [1.807, 2.05) is 5.01 Å². The second kappa shape index (κ2) is 6.95. The van der Waals surface area contributed by atoms with Gasteiger partial charge in [-0.15, -0.1) is 13.2 Å². The Morgan fingerprint density at radius 2 is 1.71 bits per heavy atom. The molecule has 0 atom stereocenters. The summed E-state index contributed by atoms with van der Waals surface area (Å²) < 4.78 is 39.9. The first kappa shape index (κ1) is 15.8. The van der Waals surface area contributed by atoms with Crippen LogP contribution in [0.5, 0.6) is 5.75 Å². The van der Waals surface area contributed by atoms with Crippen LogP contribution in [0.2, 0.25) is 0 Å². The largest absolute Gasteiger partial charge is 0.573 e. The molecular formula is C13H16F3N3OS. The number of halogens is 3. The van der Waals surface area contributed by atoms with Gasteiger partial charge in [-0.25, -0.2) is 5.01 Å². The van der Waals surface area contributed by atoms with Crippen molar-refractivity contribution in [3.63, 3.8) is 0 Å². The first-order valence-electron chi connectivity index (χ1n) is 6.61. The predicted molar refractivity (Wildman–Crippen MR) is 77.9 cm³/mol. The van der Waals surface area contributed by atoms with E-state index in [2.05, 4.69) is 15.5 Å². The lowest BCUT2D eigenvalue weighted by molar-refractivity contribution is -0.274. The van der Waals surface area contributed by atoms with Crippen LogP contribution in [0.3, 0.4) is 0 Å². The minimum absolute atomic E-state index is 0.261. The molecule has 1 aliphatic rings. The maximum atomic E-state index is 12.0. The number of anilines is 1. The van der Waals surface area contributed by atoms with Gasteiger partial charge >= 0.3 is 6.36 Å². The van der Waals surface area contributed by atoms with Crippen molar-refractivity contribution in [2.75, 3.05) is 18.4 Å². The molecule has 1 aliphatic heterocycles. The molecule has 0 spiro atoms. The number of hydrazine groups is 1. The van der Waals surface area contributed by atoms with E-state index in [-0.39, 0.29) is 5.75 Å². The topological polar surface area (TPSA) is 36.5 Å². The Morgan fingerprint density at radius 3 is 2.29 bits per heavy atom. The van der Waals surface area contributed by atoms with Crippen molar-refractivity contribution >= 4 is 23.0 Å². The normalized spacial score (nSPS) is 16.3. The summed E-state index contributed by atoms with van der Waals surface area (Å²) in [6.07, 6.45) is -1.21. The first-order valence-corrected chi connectivity index (χ1v) is 7.01. The van der Waals surface area contributed by atoms with Crippen LogP contribution in [0, 0.1) is 0 Å². The zero-order chi connectivity index (χ0) is 15.3. The number of rotatable bonds is 3. The standard InChI is InChI=1S/C13H16F3N3OS/c14-13(15,16)20-11-6-4-10(5-7-11)17-12(21)18-19-8-2-1-3-9-19/h4-7H,1-3,8-9H2,(H2,17,18,21). The molecule has 4 nitrogen and oxygen atoms in total. The molecule has 1 aromatic rings. The van der Waals surface area contributed by atoms with Gasteiger partial charge in [0, 0.05) is 18.8 Å². The Kier molecular flexibility index (Phi) is 5.24. The lowest BCUT2D eigenvalue weighted by Crippen LogP contribution is -2.46. The van der Waals surface area contributed by atoms with E-state index in [1.54, 1.807) is 0 Å². The van der Waals surface area contributed by atoms with Gasteiger partial charge < -0.3 is 10.1 Å². The summed E-state index contributed by atoms with van der Waals surface area (Å²) in [6, 6.07) is 5.43. The van der Waals surface area contributed by atoms with Gasteiger partial charge in [0.2, 0.25) is 0 Å². The van der Waals surface area contributed by atoms with E-state index in [4.69, 9.17) is 12.2 Å².